The van der Waals surface area contributed by atoms with Crippen LogP contribution in [0.2, 0.25) is 6.04 Å². The third-order valence-electron chi connectivity index (χ3n) is 4.13. The van der Waals surface area contributed by atoms with E-state index in [0.717, 1.165) is 6.42 Å². The molecule has 0 aromatic heterocycles. The molecule has 0 heterocycles. The summed E-state index contributed by atoms with van der Waals surface area (Å²) in [5, 5.41) is 5.50. The van der Waals surface area contributed by atoms with Crippen molar-refractivity contribution in [3.05, 3.63) is 0 Å². The third-order valence-corrected chi connectivity index (χ3v) is 6.97. The SMILES string of the molecule is CO[Si](CCCN(CCC(=O)NCCN)CCC(=O)NCCN)(OC)OC. The second kappa shape index (κ2) is 15.9. The van der Waals surface area contributed by atoms with E-state index in [9.17, 15) is 9.59 Å². The lowest BCUT2D eigenvalue weighted by Crippen LogP contribution is -2.43. The van der Waals surface area contributed by atoms with Crippen molar-refractivity contribution in [2.24, 2.45) is 11.5 Å². The first-order valence-electron chi connectivity index (χ1n) is 9.28. The van der Waals surface area contributed by atoms with Gasteiger partial charge >= 0.3 is 8.80 Å². The summed E-state index contributed by atoms with van der Waals surface area (Å²) in [6, 6.07) is 0.658. The van der Waals surface area contributed by atoms with Gasteiger partial charge in [-0.15, -0.1) is 0 Å². The number of nitrogens with one attached hydrogen (secondary N) is 2. The number of nitrogens with two attached hydrogens (primary N) is 2. The van der Waals surface area contributed by atoms with Gasteiger partial charge in [0.05, 0.1) is 0 Å². The van der Waals surface area contributed by atoms with Crippen molar-refractivity contribution in [2.75, 3.05) is 67.1 Å². The number of hydrogen-bond acceptors (Lipinski definition) is 8. The molecule has 0 fully saturated rings. The van der Waals surface area contributed by atoms with Crippen LogP contribution in [-0.2, 0) is 22.9 Å². The molecule has 0 aliphatic heterocycles. The Bertz CT molecular complexity index is 380. The first kappa shape index (κ1) is 25.9. The molecule has 0 bridgehead atoms. The summed E-state index contributed by atoms with van der Waals surface area (Å²) in [7, 11) is 2.13. The fraction of sp³-hybridized carbons (Fsp3) is 0.875. The Hall–Kier alpha value is -1.08. The molecule has 0 saturated carbocycles. The maximum atomic E-state index is 11.8. The highest BCUT2D eigenvalue weighted by Crippen LogP contribution is 2.15. The monoisotopic (exact) mass is 407 g/mol. The molecule has 0 aromatic carbocycles. The van der Waals surface area contributed by atoms with Crippen molar-refractivity contribution in [1.29, 1.82) is 0 Å². The van der Waals surface area contributed by atoms with Crippen molar-refractivity contribution in [3.8, 4) is 0 Å². The maximum Gasteiger partial charge on any atom is 0.500 e. The second-order valence-electron chi connectivity index (χ2n) is 6.02. The minimum absolute atomic E-state index is 0.0487. The molecule has 0 aromatic rings. The molecule has 0 radical (unpaired) electrons. The first-order valence-corrected chi connectivity index (χ1v) is 11.2. The maximum absolute atomic E-state index is 11.8. The van der Waals surface area contributed by atoms with Crippen LogP contribution in [0.3, 0.4) is 0 Å². The molecule has 0 unspecified atom stereocenters. The number of hydrogen-bond donors (Lipinski definition) is 4. The van der Waals surface area contributed by atoms with E-state index in [0.29, 0.717) is 64.7 Å². The zero-order valence-corrected chi connectivity index (χ0v) is 17.9. The van der Waals surface area contributed by atoms with Gasteiger partial charge in [-0.1, -0.05) is 0 Å². The smallest absolute Gasteiger partial charge is 0.377 e. The zero-order valence-electron chi connectivity index (χ0n) is 16.9. The number of carbonyl (C=O) groups is 2. The van der Waals surface area contributed by atoms with Gasteiger partial charge in [-0.2, -0.15) is 0 Å². The van der Waals surface area contributed by atoms with Gasteiger partial charge in [0.15, 0.2) is 0 Å². The molecular weight excluding hydrogens is 370 g/mol. The number of nitrogens with zero attached hydrogens (tertiary/aromatic N) is 1. The molecule has 0 spiro atoms. The lowest BCUT2D eigenvalue weighted by Gasteiger charge is -2.26. The van der Waals surface area contributed by atoms with Gasteiger partial charge in [-0.3, -0.25) is 9.59 Å². The van der Waals surface area contributed by atoms with Crippen molar-refractivity contribution in [2.45, 2.75) is 25.3 Å². The van der Waals surface area contributed by atoms with Crippen LogP contribution in [-0.4, -0.2) is 92.7 Å². The molecule has 0 atom stereocenters. The topological polar surface area (TPSA) is 141 Å². The fourth-order valence-corrected chi connectivity index (χ4v) is 4.23. The Morgan fingerprint density at radius 3 is 1.67 bits per heavy atom. The van der Waals surface area contributed by atoms with Crippen LogP contribution in [0.25, 0.3) is 0 Å². The van der Waals surface area contributed by atoms with Crippen molar-refractivity contribution in [3.63, 3.8) is 0 Å². The fourth-order valence-electron chi connectivity index (χ4n) is 2.53. The van der Waals surface area contributed by atoms with Gasteiger partial charge in [0, 0.05) is 79.5 Å². The predicted octanol–water partition coefficient (Wildman–Crippen LogP) is -1.51. The Labute approximate surface area is 163 Å². The van der Waals surface area contributed by atoms with E-state index in [-0.39, 0.29) is 11.8 Å². The van der Waals surface area contributed by atoms with Gasteiger partial charge in [-0.25, -0.2) is 0 Å². The van der Waals surface area contributed by atoms with Gasteiger partial charge < -0.3 is 40.3 Å². The molecule has 0 aliphatic carbocycles. The highest BCUT2D eigenvalue weighted by molar-refractivity contribution is 6.60. The number of amides is 2. The van der Waals surface area contributed by atoms with Crippen molar-refractivity contribution >= 4 is 20.6 Å². The van der Waals surface area contributed by atoms with E-state index in [1.165, 1.54) is 0 Å². The average molecular weight is 408 g/mol. The van der Waals surface area contributed by atoms with Crippen LogP contribution in [0, 0.1) is 0 Å². The summed E-state index contributed by atoms with van der Waals surface area (Å²) in [5.74, 6) is -0.0974. The first-order chi connectivity index (χ1) is 13.0. The van der Waals surface area contributed by atoms with Crippen LogP contribution in [0.4, 0.5) is 0 Å². The molecule has 27 heavy (non-hydrogen) atoms. The third kappa shape index (κ3) is 12.1. The summed E-state index contributed by atoms with van der Waals surface area (Å²) in [4.78, 5) is 25.7. The Morgan fingerprint density at radius 2 is 1.30 bits per heavy atom. The highest BCUT2D eigenvalue weighted by atomic mass is 28.4. The van der Waals surface area contributed by atoms with Gasteiger partial charge in [0.1, 0.15) is 0 Å². The van der Waals surface area contributed by atoms with Gasteiger partial charge in [0.2, 0.25) is 11.8 Å². The molecule has 6 N–H and O–H groups in total. The summed E-state index contributed by atoms with van der Waals surface area (Å²) < 4.78 is 16.3. The number of rotatable bonds is 17. The lowest BCUT2D eigenvalue weighted by molar-refractivity contribution is -0.121. The summed E-state index contributed by atoms with van der Waals surface area (Å²) in [6.07, 6.45) is 1.48. The molecule has 0 aliphatic rings. The quantitative estimate of drug-likeness (QED) is 0.213. The summed E-state index contributed by atoms with van der Waals surface area (Å²) in [6.45, 7) is 3.57. The van der Waals surface area contributed by atoms with E-state index in [1.54, 1.807) is 21.3 Å². The van der Waals surface area contributed by atoms with Crippen LogP contribution in [0.1, 0.15) is 19.3 Å². The summed E-state index contributed by atoms with van der Waals surface area (Å²) in [5.41, 5.74) is 10.8. The Kier molecular flexibility index (Phi) is 15.3. The molecule has 160 valence electrons. The van der Waals surface area contributed by atoms with E-state index < -0.39 is 8.80 Å². The van der Waals surface area contributed by atoms with Crippen molar-refractivity contribution in [1.82, 2.24) is 15.5 Å². The zero-order chi connectivity index (χ0) is 20.5. The highest BCUT2D eigenvalue weighted by Gasteiger charge is 2.37. The Balaban J connectivity index is 4.53. The number of carbonyl (C=O) groups excluding carboxylic acids is 2. The largest absolute Gasteiger partial charge is 0.500 e. The normalized spacial score (nSPS) is 11.6. The van der Waals surface area contributed by atoms with E-state index in [1.807, 2.05) is 0 Å². The van der Waals surface area contributed by atoms with Crippen LogP contribution >= 0.6 is 0 Å². The lowest BCUT2D eigenvalue weighted by atomic mass is 10.3. The molecule has 10 nitrogen and oxygen atoms in total. The van der Waals surface area contributed by atoms with Crippen LogP contribution in [0.15, 0.2) is 0 Å². The van der Waals surface area contributed by atoms with E-state index >= 15 is 0 Å². The molecule has 11 heteroatoms. The molecular formula is C16H37N5O5Si. The minimum atomic E-state index is -2.62. The molecule has 2 amide bonds. The van der Waals surface area contributed by atoms with Crippen molar-refractivity contribution < 1.29 is 22.9 Å². The molecule has 0 saturated heterocycles. The second-order valence-corrected chi connectivity index (χ2v) is 9.11. The summed E-state index contributed by atoms with van der Waals surface area (Å²) >= 11 is 0. The molecule has 0 rings (SSSR count). The van der Waals surface area contributed by atoms with Gasteiger partial charge in [-0.05, 0) is 13.0 Å². The van der Waals surface area contributed by atoms with E-state index in [2.05, 4.69) is 15.5 Å². The van der Waals surface area contributed by atoms with Crippen LogP contribution in [0.5, 0.6) is 0 Å². The predicted molar refractivity (Wildman–Crippen MR) is 106 cm³/mol. The van der Waals surface area contributed by atoms with E-state index in [4.69, 9.17) is 24.7 Å². The average Bonchev–Trinajstić information content (AvgIpc) is 2.69. The van der Waals surface area contributed by atoms with Gasteiger partial charge in [0.25, 0.3) is 0 Å². The standard InChI is InChI=1S/C16H37N5O5Si/c1-24-27(25-2,26-3)14-4-11-21(12-5-15(22)19-9-7-17)13-6-16(23)20-10-8-18/h4-14,17-18H2,1-3H3,(H,19,22)(H,20,23). The Morgan fingerprint density at radius 1 is 0.852 bits per heavy atom. The minimum Gasteiger partial charge on any atom is -0.377 e. The van der Waals surface area contributed by atoms with Crippen LogP contribution < -0.4 is 22.1 Å².